The highest BCUT2D eigenvalue weighted by Gasteiger charge is 2.28. The molecule has 0 aromatic carbocycles. The minimum atomic E-state index is 0.298. The van der Waals surface area contributed by atoms with Gasteiger partial charge in [0.25, 0.3) is 5.89 Å². The first-order chi connectivity index (χ1) is 9.28. The second-order valence-electron chi connectivity index (χ2n) is 4.10. The zero-order chi connectivity index (χ0) is 13.2. The summed E-state index contributed by atoms with van der Waals surface area (Å²) in [5.41, 5.74) is 0. The molecule has 1 saturated heterocycles. The Morgan fingerprint density at radius 3 is 2.95 bits per heavy atom. The lowest BCUT2D eigenvalue weighted by Crippen LogP contribution is -2.16. The lowest BCUT2D eigenvalue weighted by Gasteiger charge is -2.24. The summed E-state index contributed by atoms with van der Waals surface area (Å²) < 4.78 is 5.33. The van der Waals surface area contributed by atoms with Crippen LogP contribution in [0.3, 0.4) is 0 Å². The van der Waals surface area contributed by atoms with Gasteiger partial charge in [-0.3, -0.25) is 0 Å². The van der Waals surface area contributed by atoms with Crippen LogP contribution in [0.4, 0.5) is 0 Å². The van der Waals surface area contributed by atoms with E-state index in [9.17, 15) is 0 Å². The van der Waals surface area contributed by atoms with Crippen LogP contribution in [0.1, 0.15) is 22.9 Å². The van der Waals surface area contributed by atoms with Crippen LogP contribution >= 0.6 is 34.9 Å². The first-order valence-corrected chi connectivity index (χ1v) is 8.76. The van der Waals surface area contributed by atoms with Crippen molar-refractivity contribution in [1.82, 2.24) is 10.1 Å². The number of nitrogens with zero attached hydrogens (tertiary/aromatic N) is 3. The fraction of sp³-hybridized carbons (Fsp3) is 0.417. The molecule has 98 valence electrons. The van der Waals surface area contributed by atoms with E-state index in [4.69, 9.17) is 9.78 Å². The van der Waals surface area contributed by atoms with E-state index in [0.29, 0.717) is 21.3 Å². The molecule has 0 radical (unpaired) electrons. The van der Waals surface area contributed by atoms with E-state index >= 15 is 0 Å². The minimum Gasteiger partial charge on any atom is -0.333 e. The van der Waals surface area contributed by atoms with Gasteiger partial charge in [-0.2, -0.15) is 22.0 Å². The maximum absolute atomic E-state index is 8.83. The third-order valence-corrected chi connectivity index (χ3v) is 6.88. The molecule has 0 bridgehead atoms. The fourth-order valence-corrected chi connectivity index (χ4v) is 5.28. The van der Waals surface area contributed by atoms with Gasteiger partial charge in [0, 0.05) is 16.8 Å². The van der Waals surface area contributed by atoms with Crippen molar-refractivity contribution in [2.45, 2.75) is 17.4 Å². The quantitative estimate of drug-likeness (QED) is 0.845. The van der Waals surface area contributed by atoms with E-state index in [0.717, 1.165) is 16.5 Å². The second kappa shape index (κ2) is 5.57. The average molecular weight is 309 g/mol. The van der Waals surface area contributed by atoms with Crippen molar-refractivity contribution in [3.05, 3.63) is 22.8 Å². The molecule has 3 rings (SSSR count). The Bertz CT molecular complexity index is 616. The summed E-state index contributed by atoms with van der Waals surface area (Å²) in [5, 5.41) is 13.7. The van der Waals surface area contributed by atoms with E-state index in [1.165, 1.54) is 17.1 Å². The van der Waals surface area contributed by atoms with Crippen molar-refractivity contribution < 1.29 is 4.52 Å². The largest absolute Gasteiger partial charge is 0.333 e. The molecule has 0 saturated carbocycles. The topological polar surface area (TPSA) is 62.7 Å². The molecule has 0 N–H and O–H groups in total. The number of aromatic nitrogens is 2. The molecule has 2 atom stereocenters. The van der Waals surface area contributed by atoms with Crippen molar-refractivity contribution in [1.29, 1.82) is 5.26 Å². The summed E-state index contributed by atoms with van der Waals surface area (Å²) in [6, 6.07) is 5.74. The maximum Gasteiger partial charge on any atom is 0.268 e. The van der Waals surface area contributed by atoms with Crippen molar-refractivity contribution in [3.63, 3.8) is 0 Å². The van der Waals surface area contributed by atoms with Crippen molar-refractivity contribution in [2.75, 3.05) is 11.5 Å². The normalized spacial score (nSPS) is 23.2. The van der Waals surface area contributed by atoms with Gasteiger partial charge in [-0.15, -0.1) is 23.1 Å². The summed E-state index contributed by atoms with van der Waals surface area (Å²) in [7, 11) is 0. The first-order valence-electron chi connectivity index (χ1n) is 5.85. The van der Waals surface area contributed by atoms with Gasteiger partial charge in [0.15, 0.2) is 5.82 Å². The number of hydrogen-bond acceptors (Lipinski definition) is 7. The zero-order valence-electron chi connectivity index (χ0n) is 10.2. The molecule has 19 heavy (non-hydrogen) atoms. The van der Waals surface area contributed by atoms with Crippen molar-refractivity contribution in [2.24, 2.45) is 0 Å². The van der Waals surface area contributed by atoms with E-state index in [1.54, 1.807) is 6.07 Å². The third kappa shape index (κ3) is 2.66. The Morgan fingerprint density at radius 1 is 1.37 bits per heavy atom. The Morgan fingerprint density at radius 2 is 2.21 bits per heavy atom. The predicted octanol–water partition coefficient (Wildman–Crippen LogP) is 3.58. The number of rotatable bonds is 2. The molecule has 2 aromatic rings. The third-order valence-electron chi connectivity index (χ3n) is 2.81. The lowest BCUT2D eigenvalue weighted by atomic mass is 10.3. The van der Waals surface area contributed by atoms with Crippen LogP contribution < -0.4 is 0 Å². The van der Waals surface area contributed by atoms with E-state index in [2.05, 4.69) is 23.1 Å². The van der Waals surface area contributed by atoms with Crippen LogP contribution in [0, 0.1) is 11.3 Å². The number of nitriles is 1. The summed E-state index contributed by atoms with van der Waals surface area (Å²) >= 11 is 5.22. The SMILES string of the molecule is CC1SCCSC1c1noc(-c2ccc(C#N)s2)n1. The Labute approximate surface area is 123 Å². The molecule has 2 aromatic heterocycles. The summed E-state index contributed by atoms with van der Waals surface area (Å²) in [6.07, 6.45) is 0. The molecule has 1 fully saturated rings. The minimum absolute atomic E-state index is 0.298. The summed E-state index contributed by atoms with van der Waals surface area (Å²) in [6.45, 7) is 2.20. The Kier molecular flexibility index (Phi) is 3.82. The Hall–Kier alpha value is -0.970. The molecule has 4 nitrogen and oxygen atoms in total. The predicted molar refractivity (Wildman–Crippen MR) is 79.4 cm³/mol. The van der Waals surface area contributed by atoms with E-state index in [1.807, 2.05) is 29.6 Å². The molecule has 0 amide bonds. The highest BCUT2D eigenvalue weighted by Crippen LogP contribution is 2.41. The monoisotopic (exact) mass is 309 g/mol. The average Bonchev–Trinajstić information content (AvgIpc) is 3.08. The summed E-state index contributed by atoms with van der Waals surface area (Å²) in [5.74, 6) is 3.60. The van der Waals surface area contributed by atoms with Crippen LogP contribution in [0.15, 0.2) is 16.7 Å². The van der Waals surface area contributed by atoms with Gasteiger partial charge in [-0.1, -0.05) is 12.1 Å². The molecule has 1 aliphatic rings. The number of thiophene rings is 1. The number of thioether (sulfide) groups is 2. The van der Waals surface area contributed by atoms with Gasteiger partial charge in [0.2, 0.25) is 0 Å². The van der Waals surface area contributed by atoms with Gasteiger partial charge in [-0.05, 0) is 12.1 Å². The molecule has 1 aliphatic heterocycles. The first kappa shape index (κ1) is 13.0. The van der Waals surface area contributed by atoms with Gasteiger partial charge in [-0.25, -0.2) is 0 Å². The molecule has 7 heteroatoms. The second-order valence-corrected chi connectivity index (χ2v) is 7.92. The molecule has 3 heterocycles. The van der Waals surface area contributed by atoms with Gasteiger partial charge in [0.05, 0.1) is 10.1 Å². The fourth-order valence-electron chi connectivity index (χ4n) is 1.88. The maximum atomic E-state index is 8.83. The lowest BCUT2D eigenvalue weighted by molar-refractivity contribution is 0.422. The molecule has 0 aliphatic carbocycles. The van der Waals surface area contributed by atoms with Gasteiger partial charge < -0.3 is 4.52 Å². The van der Waals surface area contributed by atoms with E-state index in [-0.39, 0.29) is 0 Å². The van der Waals surface area contributed by atoms with Crippen LogP contribution in [0.5, 0.6) is 0 Å². The summed E-state index contributed by atoms with van der Waals surface area (Å²) in [4.78, 5) is 6.01. The number of hydrogen-bond donors (Lipinski definition) is 0. The van der Waals surface area contributed by atoms with Crippen molar-refractivity contribution in [3.8, 4) is 16.8 Å². The van der Waals surface area contributed by atoms with Crippen LogP contribution in [0.25, 0.3) is 10.8 Å². The van der Waals surface area contributed by atoms with Crippen LogP contribution in [-0.4, -0.2) is 26.9 Å². The van der Waals surface area contributed by atoms with Gasteiger partial charge in [0.1, 0.15) is 10.9 Å². The van der Waals surface area contributed by atoms with Crippen LogP contribution in [0.2, 0.25) is 0 Å². The van der Waals surface area contributed by atoms with Gasteiger partial charge >= 0.3 is 0 Å². The molecular weight excluding hydrogens is 298 g/mol. The smallest absolute Gasteiger partial charge is 0.268 e. The zero-order valence-corrected chi connectivity index (χ0v) is 12.6. The van der Waals surface area contributed by atoms with E-state index < -0.39 is 0 Å². The molecule has 0 spiro atoms. The van der Waals surface area contributed by atoms with Crippen LogP contribution in [-0.2, 0) is 0 Å². The highest BCUT2D eigenvalue weighted by molar-refractivity contribution is 8.06. The standard InChI is InChI=1S/C12H11N3OS3/c1-7-10(18-5-4-17-7)11-14-12(16-15-11)9-3-2-8(6-13)19-9/h2-3,7,10H,4-5H2,1H3. The molecule has 2 unspecified atom stereocenters. The van der Waals surface area contributed by atoms with Crippen molar-refractivity contribution >= 4 is 34.9 Å². The molecular formula is C12H11N3OS3. The highest BCUT2D eigenvalue weighted by atomic mass is 32.2. The Balaban J connectivity index is 1.84.